The lowest BCUT2D eigenvalue weighted by molar-refractivity contribution is 0.674. The minimum absolute atomic E-state index is 0.721. The highest BCUT2D eigenvalue weighted by Crippen LogP contribution is 2.20. The van der Waals surface area contributed by atoms with Crippen molar-refractivity contribution >= 4 is 23.1 Å². The number of nitrogens with one attached hydrogen (secondary N) is 1. The van der Waals surface area contributed by atoms with E-state index in [4.69, 9.17) is 5.26 Å². The normalized spacial score (nSPS) is 10.7. The van der Waals surface area contributed by atoms with Crippen LogP contribution in [-0.2, 0) is 13.6 Å². The van der Waals surface area contributed by atoms with E-state index in [2.05, 4.69) is 23.3 Å². The molecule has 2 aromatic heterocycles. The maximum atomic E-state index is 8.99. The minimum Gasteiger partial charge on any atom is -0.340 e. The van der Waals surface area contributed by atoms with Crippen LogP contribution in [0.3, 0.4) is 0 Å². The smallest absolute Gasteiger partial charge is 0.149 e. The molecule has 0 aliphatic carbocycles. The lowest BCUT2D eigenvalue weighted by Gasteiger charge is -2.05. The fourth-order valence-electron chi connectivity index (χ4n) is 1.91. The molecular weight excluding hydrogens is 288 g/mol. The van der Waals surface area contributed by atoms with Crippen LogP contribution < -0.4 is 5.32 Å². The van der Waals surface area contributed by atoms with E-state index in [1.807, 2.05) is 29.3 Å². The van der Waals surface area contributed by atoms with Crippen LogP contribution in [0.1, 0.15) is 23.4 Å². The Hall–Kier alpha value is -1.29. The molecule has 0 unspecified atom stereocenters. The molecule has 4 nitrogen and oxygen atoms in total. The molecule has 6 heteroatoms. The monoisotopic (exact) mass is 306 g/mol. The minimum atomic E-state index is 0.721. The molecule has 2 heterocycles. The van der Waals surface area contributed by atoms with Crippen LogP contribution >= 0.6 is 23.1 Å². The molecule has 0 amide bonds. The first kappa shape index (κ1) is 15.1. The summed E-state index contributed by atoms with van der Waals surface area (Å²) in [5, 5.41) is 14.4. The standard InChI is InChI=1S/C14H18N4S2/c1-11-12(8-13(9-15)18(11)2)10-16-4-3-6-19-14-17-5-7-20-14/h5,7-8,16H,3-4,6,10H2,1-2H3. The zero-order chi connectivity index (χ0) is 14.4. The van der Waals surface area contributed by atoms with Crippen LogP contribution in [0.15, 0.2) is 22.0 Å². The number of rotatable bonds is 7. The highest BCUT2D eigenvalue weighted by atomic mass is 32.2. The second-order valence-electron chi connectivity index (χ2n) is 4.49. The Labute approximate surface area is 127 Å². The van der Waals surface area contributed by atoms with Crippen molar-refractivity contribution in [3.05, 3.63) is 34.6 Å². The van der Waals surface area contributed by atoms with Crippen LogP contribution in [-0.4, -0.2) is 21.8 Å². The average Bonchev–Trinajstić information content (AvgIpc) is 3.05. The van der Waals surface area contributed by atoms with Gasteiger partial charge in [-0.3, -0.25) is 0 Å². The fraction of sp³-hybridized carbons (Fsp3) is 0.429. The number of aromatic nitrogens is 2. The Kier molecular flexibility index (Phi) is 5.65. The summed E-state index contributed by atoms with van der Waals surface area (Å²) < 4.78 is 3.08. The van der Waals surface area contributed by atoms with E-state index < -0.39 is 0 Å². The molecule has 0 radical (unpaired) electrons. The van der Waals surface area contributed by atoms with Crippen molar-refractivity contribution in [2.24, 2.45) is 7.05 Å². The molecule has 1 N–H and O–H groups in total. The van der Waals surface area contributed by atoms with Gasteiger partial charge in [0.25, 0.3) is 0 Å². The first-order valence-electron chi connectivity index (χ1n) is 6.50. The molecule has 2 aromatic rings. The van der Waals surface area contributed by atoms with E-state index in [-0.39, 0.29) is 0 Å². The summed E-state index contributed by atoms with van der Waals surface area (Å²) in [5.41, 5.74) is 3.08. The molecule has 0 aromatic carbocycles. The molecule has 0 fully saturated rings. The summed E-state index contributed by atoms with van der Waals surface area (Å²) in [7, 11) is 1.93. The van der Waals surface area contributed by atoms with Gasteiger partial charge in [-0.1, -0.05) is 11.8 Å². The van der Waals surface area contributed by atoms with Crippen LogP contribution in [0.2, 0.25) is 0 Å². The van der Waals surface area contributed by atoms with Crippen LogP contribution in [0, 0.1) is 18.3 Å². The van der Waals surface area contributed by atoms with E-state index >= 15 is 0 Å². The third-order valence-corrected chi connectivity index (χ3v) is 5.26. The number of nitriles is 1. The average molecular weight is 306 g/mol. The zero-order valence-corrected chi connectivity index (χ0v) is 13.4. The zero-order valence-electron chi connectivity index (χ0n) is 11.7. The number of thioether (sulfide) groups is 1. The van der Waals surface area contributed by atoms with Crippen LogP contribution in [0.4, 0.5) is 0 Å². The van der Waals surface area contributed by atoms with Gasteiger partial charge in [0.05, 0.1) is 0 Å². The Morgan fingerprint density at radius 1 is 1.55 bits per heavy atom. The predicted molar refractivity (Wildman–Crippen MR) is 84.0 cm³/mol. The highest BCUT2D eigenvalue weighted by Gasteiger charge is 2.07. The summed E-state index contributed by atoms with van der Waals surface area (Å²) >= 11 is 3.50. The van der Waals surface area contributed by atoms with Crippen LogP contribution in [0.5, 0.6) is 0 Å². The Morgan fingerprint density at radius 2 is 2.40 bits per heavy atom. The molecule has 0 saturated carbocycles. The predicted octanol–water partition coefficient (Wildman–Crippen LogP) is 2.93. The summed E-state index contributed by atoms with van der Waals surface area (Å²) in [4.78, 5) is 4.24. The van der Waals surface area contributed by atoms with Gasteiger partial charge in [0.1, 0.15) is 16.1 Å². The fourth-order valence-corrected chi connectivity index (χ4v) is 3.56. The maximum Gasteiger partial charge on any atom is 0.149 e. The summed E-state index contributed by atoms with van der Waals surface area (Å²) in [6, 6.07) is 4.17. The SMILES string of the molecule is Cc1c(CNCCCSc2nccs2)cc(C#N)n1C. The molecule has 0 spiro atoms. The van der Waals surface area contributed by atoms with E-state index in [0.717, 1.165) is 41.0 Å². The Morgan fingerprint density at radius 3 is 3.05 bits per heavy atom. The van der Waals surface area contributed by atoms with Crippen molar-refractivity contribution in [2.75, 3.05) is 12.3 Å². The third kappa shape index (κ3) is 3.85. The van der Waals surface area contributed by atoms with Gasteiger partial charge in [-0.05, 0) is 31.5 Å². The van der Waals surface area contributed by atoms with Crippen LogP contribution in [0.25, 0.3) is 0 Å². The van der Waals surface area contributed by atoms with Gasteiger partial charge in [0, 0.05) is 36.6 Å². The second kappa shape index (κ2) is 7.48. The molecule has 0 bridgehead atoms. The highest BCUT2D eigenvalue weighted by molar-refractivity contribution is 8.00. The molecule has 0 atom stereocenters. The number of thiazole rings is 1. The van der Waals surface area contributed by atoms with Gasteiger partial charge < -0.3 is 9.88 Å². The quantitative estimate of drug-likeness (QED) is 0.631. The van der Waals surface area contributed by atoms with Crippen molar-refractivity contribution in [1.82, 2.24) is 14.9 Å². The van der Waals surface area contributed by atoms with Crippen molar-refractivity contribution in [3.8, 4) is 6.07 Å². The number of nitrogens with zero attached hydrogens (tertiary/aromatic N) is 3. The van der Waals surface area contributed by atoms with E-state index in [0.29, 0.717) is 0 Å². The van der Waals surface area contributed by atoms with Gasteiger partial charge in [0.15, 0.2) is 0 Å². The Balaban J connectivity index is 1.67. The molecule has 0 aliphatic heterocycles. The number of hydrogen-bond donors (Lipinski definition) is 1. The van der Waals surface area contributed by atoms with Gasteiger partial charge >= 0.3 is 0 Å². The third-order valence-electron chi connectivity index (χ3n) is 3.20. The van der Waals surface area contributed by atoms with Crippen molar-refractivity contribution in [1.29, 1.82) is 5.26 Å². The Bertz CT molecular complexity index is 581. The lowest BCUT2D eigenvalue weighted by Crippen LogP contribution is -2.15. The molecule has 0 aliphatic rings. The van der Waals surface area contributed by atoms with Gasteiger partial charge in [-0.2, -0.15) is 5.26 Å². The van der Waals surface area contributed by atoms with Crippen molar-refractivity contribution < 1.29 is 0 Å². The topological polar surface area (TPSA) is 53.6 Å². The first-order chi connectivity index (χ1) is 9.72. The number of hydrogen-bond acceptors (Lipinski definition) is 5. The maximum absolute atomic E-state index is 8.99. The summed E-state index contributed by atoms with van der Waals surface area (Å²) in [5.74, 6) is 1.08. The molecule has 20 heavy (non-hydrogen) atoms. The first-order valence-corrected chi connectivity index (χ1v) is 8.37. The van der Waals surface area contributed by atoms with E-state index in [1.54, 1.807) is 23.1 Å². The molecule has 106 valence electrons. The van der Waals surface area contributed by atoms with E-state index in [9.17, 15) is 0 Å². The largest absolute Gasteiger partial charge is 0.340 e. The van der Waals surface area contributed by atoms with Gasteiger partial charge in [0.2, 0.25) is 0 Å². The molecule has 0 saturated heterocycles. The second-order valence-corrected chi connectivity index (χ2v) is 6.72. The lowest BCUT2D eigenvalue weighted by atomic mass is 10.2. The summed E-state index contributed by atoms with van der Waals surface area (Å²) in [6.45, 7) is 3.86. The summed E-state index contributed by atoms with van der Waals surface area (Å²) in [6.07, 6.45) is 2.96. The molecular formula is C14H18N4S2. The molecule has 2 rings (SSSR count). The van der Waals surface area contributed by atoms with Gasteiger partial charge in [-0.15, -0.1) is 11.3 Å². The van der Waals surface area contributed by atoms with Crippen molar-refractivity contribution in [3.63, 3.8) is 0 Å². The van der Waals surface area contributed by atoms with Gasteiger partial charge in [-0.25, -0.2) is 4.98 Å². The van der Waals surface area contributed by atoms with Crippen molar-refractivity contribution in [2.45, 2.75) is 24.2 Å². The van der Waals surface area contributed by atoms with E-state index in [1.165, 1.54) is 5.56 Å².